The van der Waals surface area contributed by atoms with Crippen LogP contribution in [0.25, 0.3) is 0 Å². The van der Waals surface area contributed by atoms with Gasteiger partial charge < -0.3 is 10.1 Å². The van der Waals surface area contributed by atoms with Gasteiger partial charge in [0, 0.05) is 13.7 Å². The van der Waals surface area contributed by atoms with Crippen LogP contribution in [0.1, 0.15) is 31.2 Å². The van der Waals surface area contributed by atoms with E-state index in [0.29, 0.717) is 0 Å². The molecule has 2 heteroatoms. The summed E-state index contributed by atoms with van der Waals surface area (Å²) in [6.45, 7) is 5.23. The van der Waals surface area contributed by atoms with Gasteiger partial charge in [0.2, 0.25) is 0 Å². The minimum atomic E-state index is 0.764. The molecule has 1 N–H and O–H groups in total. The van der Waals surface area contributed by atoms with Gasteiger partial charge in [-0.1, -0.05) is 37.3 Å². The quantitative estimate of drug-likeness (QED) is 0.713. The van der Waals surface area contributed by atoms with E-state index in [9.17, 15) is 0 Å². The Morgan fingerprint density at radius 3 is 2.83 bits per heavy atom. The molecule has 0 bridgehead atoms. The lowest BCUT2D eigenvalue weighted by atomic mass is 10.0. The molecule has 0 saturated heterocycles. The fourth-order valence-corrected chi connectivity index (χ4v) is 2.74. The maximum absolute atomic E-state index is 5.03. The summed E-state index contributed by atoms with van der Waals surface area (Å²) in [6, 6.07) is 10.9. The maximum Gasteiger partial charge on any atom is 0.0587 e. The molecule has 0 aromatic heterocycles. The van der Waals surface area contributed by atoms with E-state index in [1.54, 1.807) is 7.11 Å². The first-order valence-corrected chi connectivity index (χ1v) is 7.06. The molecule has 1 aromatic carbocycles. The Morgan fingerprint density at radius 2 is 2.11 bits per heavy atom. The van der Waals surface area contributed by atoms with Gasteiger partial charge in [0.05, 0.1) is 6.61 Å². The zero-order valence-corrected chi connectivity index (χ0v) is 11.6. The summed E-state index contributed by atoms with van der Waals surface area (Å²) in [6.07, 6.45) is 2.73. The molecule has 100 valence electrons. The minimum Gasteiger partial charge on any atom is -0.383 e. The molecule has 3 unspecified atom stereocenters. The lowest BCUT2D eigenvalue weighted by molar-refractivity contribution is 0.197. The molecule has 18 heavy (non-hydrogen) atoms. The number of methoxy groups -OCH3 is 1. The fourth-order valence-electron chi connectivity index (χ4n) is 2.74. The molecular weight excluding hydrogens is 222 g/mol. The molecule has 0 amide bonds. The summed E-state index contributed by atoms with van der Waals surface area (Å²) < 4.78 is 5.03. The van der Waals surface area contributed by atoms with Crippen LogP contribution in [0, 0.1) is 11.8 Å². The molecule has 1 saturated carbocycles. The molecule has 0 aliphatic heterocycles. The average molecular weight is 247 g/mol. The third kappa shape index (κ3) is 4.11. The maximum atomic E-state index is 5.03. The smallest absolute Gasteiger partial charge is 0.0587 e. The van der Waals surface area contributed by atoms with E-state index in [4.69, 9.17) is 4.74 Å². The van der Waals surface area contributed by atoms with Crippen LogP contribution in [-0.4, -0.2) is 26.8 Å². The van der Waals surface area contributed by atoms with Gasteiger partial charge in [-0.25, -0.2) is 0 Å². The van der Waals surface area contributed by atoms with E-state index >= 15 is 0 Å². The molecule has 1 aliphatic rings. The van der Waals surface area contributed by atoms with Crippen molar-refractivity contribution in [2.75, 3.05) is 26.8 Å². The third-order valence-corrected chi connectivity index (χ3v) is 3.83. The lowest BCUT2D eigenvalue weighted by Crippen LogP contribution is -2.25. The number of nitrogens with one attached hydrogen (secondary N) is 1. The molecule has 2 nitrogen and oxygen atoms in total. The Labute approximate surface area is 111 Å². The van der Waals surface area contributed by atoms with Crippen LogP contribution < -0.4 is 5.32 Å². The minimum absolute atomic E-state index is 0.764. The van der Waals surface area contributed by atoms with Gasteiger partial charge in [0.25, 0.3) is 0 Å². The normalized spacial score (nSPS) is 23.9. The molecule has 0 radical (unpaired) electrons. The van der Waals surface area contributed by atoms with Crippen LogP contribution in [0.15, 0.2) is 30.3 Å². The van der Waals surface area contributed by atoms with Crippen LogP contribution in [-0.2, 0) is 4.74 Å². The number of hydrogen-bond acceptors (Lipinski definition) is 2. The Bertz CT molecular complexity index is 338. The molecule has 3 atom stereocenters. The molecule has 1 aromatic rings. The molecule has 1 fully saturated rings. The molecule has 1 aliphatic carbocycles. The second-order valence-corrected chi connectivity index (χ2v) is 5.55. The Hall–Kier alpha value is -0.860. The number of rotatable bonds is 8. The summed E-state index contributed by atoms with van der Waals surface area (Å²) >= 11 is 0. The second kappa shape index (κ2) is 6.91. The highest BCUT2D eigenvalue weighted by molar-refractivity contribution is 5.25. The summed E-state index contributed by atoms with van der Waals surface area (Å²) in [5.41, 5.74) is 1.53. The van der Waals surface area contributed by atoms with E-state index < -0.39 is 0 Å². The predicted molar refractivity (Wildman–Crippen MR) is 75.8 cm³/mol. The van der Waals surface area contributed by atoms with Crippen LogP contribution in [0.2, 0.25) is 0 Å². The van der Waals surface area contributed by atoms with Crippen LogP contribution >= 0.6 is 0 Å². The van der Waals surface area contributed by atoms with Crippen molar-refractivity contribution < 1.29 is 4.74 Å². The van der Waals surface area contributed by atoms with E-state index in [-0.39, 0.29) is 0 Å². The first-order valence-electron chi connectivity index (χ1n) is 7.06. The van der Waals surface area contributed by atoms with Crippen molar-refractivity contribution in [2.24, 2.45) is 11.8 Å². The van der Waals surface area contributed by atoms with Gasteiger partial charge >= 0.3 is 0 Å². The van der Waals surface area contributed by atoms with E-state index in [1.807, 2.05) is 0 Å². The van der Waals surface area contributed by atoms with E-state index in [2.05, 4.69) is 42.6 Å². The Kier molecular flexibility index (Phi) is 5.21. The average Bonchev–Trinajstić information content (AvgIpc) is 3.15. The van der Waals surface area contributed by atoms with E-state index in [1.165, 1.54) is 18.4 Å². The van der Waals surface area contributed by atoms with Crippen molar-refractivity contribution in [1.29, 1.82) is 0 Å². The standard InChI is InChI=1S/C16H25NO/c1-13(12-17-8-9-18-2)10-15-11-16(15)14-6-4-3-5-7-14/h3-7,13,15-17H,8-12H2,1-2H3. The van der Waals surface area contributed by atoms with Gasteiger partial charge in [-0.05, 0) is 42.7 Å². The van der Waals surface area contributed by atoms with Crippen molar-refractivity contribution in [3.05, 3.63) is 35.9 Å². The van der Waals surface area contributed by atoms with Gasteiger partial charge in [0.1, 0.15) is 0 Å². The molecule has 0 heterocycles. The van der Waals surface area contributed by atoms with Crippen LogP contribution in [0.3, 0.4) is 0 Å². The largest absolute Gasteiger partial charge is 0.383 e. The van der Waals surface area contributed by atoms with Gasteiger partial charge in [-0.2, -0.15) is 0 Å². The fraction of sp³-hybridized carbons (Fsp3) is 0.625. The van der Waals surface area contributed by atoms with Crippen LogP contribution in [0.4, 0.5) is 0 Å². The highest BCUT2D eigenvalue weighted by Gasteiger charge is 2.38. The first kappa shape index (κ1) is 13.6. The summed E-state index contributed by atoms with van der Waals surface area (Å²) in [5, 5.41) is 3.45. The number of ether oxygens (including phenoxy) is 1. The molecule has 0 spiro atoms. The van der Waals surface area contributed by atoms with E-state index in [0.717, 1.165) is 37.5 Å². The Balaban J connectivity index is 1.64. The highest BCUT2D eigenvalue weighted by atomic mass is 16.5. The SMILES string of the molecule is COCCNCC(C)CC1CC1c1ccccc1. The van der Waals surface area contributed by atoms with Gasteiger partial charge in [-0.3, -0.25) is 0 Å². The summed E-state index contributed by atoms with van der Waals surface area (Å²) in [4.78, 5) is 0. The van der Waals surface area contributed by atoms with Crippen molar-refractivity contribution in [3.8, 4) is 0 Å². The first-order chi connectivity index (χ1) is 8.81. The molecule has 2 rings (SSSR count). The van der Waals surface area contributed by atoms with Crippen molar-refractivity contribution >= 4 is 0 Å². The highest BCUT2D eigenvalue weighted by Crippen LogP contribution is 2.50. The zero-order chi connectivity index (χ0) is 12.8. The number of benzene rings is 1. The summed E-state index contributed by atoms with van der Waals surface area (Å²) in [5.74, 6) is 2.50. The third-order valence-electron chi connectivity index (χ3n) is 3.83. The molecular formula is C16H25NO. The van der Waals surface area contributed by atoms with Gasteiger partial charge in [0.15, 0.2) is 0 Å². The van der Waals surface area contributed by atoms with Crippen molar-refractivity contribution in [1.82, 2.24) is 5.32 Å². The zero-order valence-electron chi connectivity index (χ0n) is 11.6. The van der Waals surface area contributed by atoms with Gasteiger partial charge in [-0.15, -0.1) is 0 Å². The topological polar surface area (TPSA) is 21.3 Å². The summed E-state index contributed by atoms with van der Waals surface area (Å²) in [7, 11) is 1.75. The lowest BCUT2D eigenvalue weighted by Gasteiger charge is -2.12. The van der Waals surface area contributed by atoms with Crippen molar-refractivity contribution in [2.45, 2.75) is 25.7 Å². The Morgan fingerprint density at radius 1 is 1.33 bits per heavy atom. The van der Waals surface area contributed by atoms with Crippen molar-refractivity contribution in [3.63, 3.8) is 0 Å². The van der Waals surface area contributed by atoms with Crippen LogP contribution in [0.5, 0.6) is 0 Å². The second-order valence-electron chi connectivity index (χ2n) is 5.55. The number of hydrogen-bond donors (Lipinski definition) is 1. The monoisotopic (exact) mass is 247 g/mol. The predicted octanol–water partition coefficient (Wildman–Crippen LogP) is 3.05.